The Morgan fingerprint density at radius 3 is 2.53 bits per heavy atom. The van der Waals surface area contributed by atoms with Gasteiger partial charge in [0.2, 0.25) is 15.8 Å². The third-order valence-electron chi connectivity index (χ3n) is 2.28. The smallest absolute Gasteiger partial charge is 0.371 e. The molecule has 8 heteroatoms. The lowest BCUT2D eigenvalue weighted by Gasteiger charge is -2.15. The van der Waals surface area contributed by atoms with Crippen molar-refractivity contribution in [1.29, 1.82) is 0 Å². The number of carboxylic acid groups (broad SMARTS) is 1. The van der Waals surface area contributed by atoms with Gasteiger partial charge in [0.15, 0.2) is 4.67 Å². The largest absolute Gasteiger partial charge is 0.475 e. The molecule has 0 fully saturated rings. The number of aromatic carboxylic acids is 1. The number of hydrogen-bond donors (Lipinski definition) is 2. The van der Waals surface area contributed by atoms with Crippen molar-refractivity contribution in [2.45, 2.75) is 24.8 Å². The summed E-state index contributed by atoms with van der Waals surface area (Å²) in [6.07, 6.45) is 5.24. The fourth-order valence-electron chi connectivity index (χ4n) is 1.23. The van der Waals surface area contributed by atoms with Crippen LogP contribution in [0.4, 0.5) is 0 Å². The third-order valence-corrected chi connectivity index (χ3v) is 4.58. The quantitative estimate of drug-likeness (QED) is 0.788. The molecule has 1 heterocycles. The molecule has 0 aliphatic carbocycles. The lowest BCUT2D eigenvalue weighted by Crippen LogP contribution is -2.37. The molecule has 1 rings (SSSR count). The van der Waals surface area contributed by atoms with Crippen molar-refractivity contribution in [2.75, 3.05) is 0 Å². The SMILES string of the molecule is C#CC(NS(=O)(=O)c1cc(C(=O)O)oc1Br)C(C)C. The van der Waals surface area contributed by atoms with Gasteiger partial charge in [0.1, 0.15) is 4.90 Å². The molecule has 0 amide bonds. The highest BCUT2D eigenvalue weighted by atomic mass is 79.9. The minimum absolute atomic E-state index is 0.107. The summed E-state index contributed by atoms with van der Waals surface area (Å²) in [7, 11) is -3.96. The summed E-state index contributed by atoms with van der Waals surface area (Å²) in [6.45, 7) is 3.53. The van der Waals surface area contributed by atoms with E-state index in [1.165, 1.54) is 0 Å². The van der Waals surface area contributed by atoms with Crippen molar-refractivity contribution in [3.8, 4) is 12.3 Å². The predicted octanol–water partition coefficient (Wildman–Crippen LogP) is 1.68. The van der Waals surface area contributed by atoms with Crippen LogP contribution in [0.2, 0.25) is 0 Å². The Morgan fingerprint density at radius 2 is 2.16 bits per heavy atom. The Balaban J connectivity index is 3.14. The van der Waals surface area contributed by atoms with Crippen LogP contribution in [-0.2, 0) is 10.0 Å². The molecule has 1 unspecified atom stereocenters. The van der Waals surface area contributed by atoms with Crippen LogP contribution in [-0.4, -0.2) is 25.5 Å². The number of nitrogens with one attached hydrogen (secondary N) is 1. The molecule has 19 heavy (non-hydrogen) atoms. The fourth-order valence-corrected chi connectivity index (χ4v) is 3.48. The summed E-state index contributed by atoms with van der Waals surface area (Å²) in [5.41, 5.74) is 0. The van der Waals surface area contributed by atoms with E-state index in [1.54, 1.807) is 13.8 Å². The van der Waals surface area contributed by atoms with E-state index in [0.717, 1.165) is 6.07 Å². The monoisotopic (exact) mass is 349 g/mol. The zero-order chi connectivity index (χ0) is 14.8. The molecule has 1 aromatic heterocycles. The zero-order valence-electron chi connectivity index (χ0n) is 10.2. The van der Waals surface area contributed by atoms with Crippen molar-refractivity contribution >= 4 is 31.9 Å². The second-order valence-electron chi connectivity index (χ2n) is 4.06. The van der Waals surface area contributed by atoms with E-state index in [0.29, 0.717) is 0 Å². The Labute approximate surface area is 119 Å². The molecule has 0 saturated carbocycles. The Kier molecular flexibility index (Phi) is 4.79. The normalized spacial score (nSPS) is 13.2. The van der Waals surface area contributed by atoms with Crippen LogP contribution in [0.5, 0.6) is 0 Å². The van der Waals surface area contributed by atoms with E-state index in [4.69, 9.17) is 15.9 Å². The average molecular weight is 350 g/mol. The number of carboxylic acids is 1. The van der Waals surface area contributed by atoms with E-state index in [2.05, 4.69) is 26.6 Å². The van der Waals surface area contributed by atoms with Gasteiger partial charge in [0.05, 0.1) is 6.04 Å². The van der Waals surface area contributed by atoms with Crippen molar-refractivity contribution in [1.82, 2.24) is 4.72 Å². The Bertz CT molecular complexity index is 626. The first-order chi connectivity index (χ1) is 8.69. The highest BCUT2D eigenvalue weighted by Crippen LogP contribution is 2.26. The number of halogens is 1. The van der Waals surface area contributed by atoms with Gasteiger partial charge in [-0.3, -0.25) is 0 Å². The van der Waals surface area contributed by atoms with Crippen LogP contribution in [0.3, 0.4) is 0 Å². The first kappa shape index (κ1) is 15.8. The Hall–Kier alpha value is -1.30. The minimum Gasteiger partial charge on any atom is -0.475 e. The van der Waals surface area contributed by atoms with Gasteiger partial charge in [0.25, 0.3) is 0 Å². The number of furan rings is 1. The molecule has 0 aromatic carbocycles. The van der Waals surface area contributed by atoms with Crippen molar-refractivity contribution in [2.24, 2.45) is 5.92 Å². The van der Waals surface area contributed by atoms with Crippen molar-refractivity contribution in [3.63, 3.8) is 0 Å². The summed E-state index contributed by atoms with van der Waals surface area (Å²) < 4.78 is 31.1. The maximum Gasteiger partial charge on any atom is 0.371 e. The minimum atomic E-state index is -3.96. The second kappa shape index (κ2) is 5.77. The van der Waals surface area contributed by atoms with Crippen LogP contribution in [0.15, 0.2) is 20.0 Å². The maximum absolute atomic E-state index is 12.1. The lowest BCUT2D eigenvalue weighted by atomic mass is 10.1. The average Bonchev–Trinajstić information content (AvgIpc) is 2.68. The second-order valence-corrected chi connectivity index (χ2v) is 6.47. The summed E-state index contributed by atoms with van der Waals surface area (Å²) in [4.78, 5) is 10.4. The number of sulfonamides is 1. The van der Waals surface area contributed by atoms with Crippen LogP contribution in [0, 0.1) is 18.3 Å². The molecule has 6 nitrogen and oxygen atoms in total. The van der Waals surface area contributed by atoms with E-state index in [-0.39, 0.29) is 15.5 Å². The van der Waals surface area contributed by atoms with Gasteiger partial charge in [-0.25, -0.2) is 13.2 Å². The summed E-state index contributed by atoms with van der Waals surface area (Å²) in [5, 5.41) is 8.74. The van der Waals surface area contributed by atoms with Gasteiger partial charge in [-0.1, -0.05) is 19.8 Å². The number of terminal acetylenes is 1. The van der Waals surface area contributed by atoms with Gasteiger partial charge in [-0.05, 0) is 21.8 Å². The highest BCUT2D eigenvalue weighted by Gasteiger charge is 2.27. The fraction of sp³-hybridized carbons (Fsp3) is 0.364. The molecule has 0 radical (unpaired) electrons. The maximum atomic E-state index is 12.1. The molecule has 1 atom stereocenters. The lowest BCUT2D eigenvalue weighted by molar-refractivity contribution is 0.0661. The van der Waals surface area contributed by atoms with Crippen LogP contribution >= 0.6 is 15.9 Å². The van der Waals surface area contributed by atoms with E-state index in [1.807, 2.05) is 0 Å². The molecular weight excluding hydrogens is 338 g/mol. The van der Waals surface area contributed by atoms with Crippen LogP contribution in [0.25, 0.3) is 0 Å². The molecule has 0 spiro atoms. The number of carbonyl (C=O) groups is 1. The van der Waals surface area contributed by atoms with E-state index < -0.39 is 27.8 Å². The molecule has 0 bridgehead atoms. The standard InChI is InChI=1S/C11H12BrNO5S/c1-4-7(6(2)3)13-19(16,17)9-5-8(11(14)15)18-10(9)12/h1,5-7,13H,2-3H3,(H,14,15). The van der Waals surface area contributed by atoms with Gasteiger partial charge in [-0.15, -0.1) is 6.42 Å². The zero-order valence-corrected chi connectivity index (χ0v) is 12.6. The van der Waals surface area contributed by atoms with Gasteiger partial charge in [0, 0.05) is 6.07 Å². The molecule has 0 saturated heterocycles. The van der Waals surface area contributed by atoms with Gasteiger partial charge in [-0.2, -0.15) is 4.72 Å². The highest BCUT2D eigenvalue weighted by molar-refractivity contribution is 9.10. The van der Waals surface area contributed by atoms with Crippen LogP contribution in [0.1, 0.15) is 24.4 Å². The summed E-state index contributed by atoms with van der Waals surface area (Å²) >= 11 is 2.87. The molecule has 0 aliphatic rings. The van der Waals surface area contributed by atoms with Crippen molar-refractivity contribution < 1.29 is 22.7 Å². The molecule has 104 valence electrons. The summed E-state index contributed by atoms with van der Waals surface area (Å²) in [6, 6.07) is 0.225. The van der Waals surface area contributed by atoms with E-state index >= 15 is 0 Å². The van der Waals surface area contributed by atoms with Crippen LogP contribution < -0.4 is 4.72 Å². The topological polar surface area (TPSA) is 96.6 Å². The van der Waals surface area contributed by atoms with E-state index in [9.17, 15) is 13.2 Å². The number of hydrogen-bond acceptors (Lipinski definition) is 4. The molecule has 2 N–H and O–H groups in total. The number of rotatable bonds is 5. The molecular formula is C11H12BrNO5S. The molecule has 1 aromatic rings. The first-order valence-corrected chi connectivity index (χ1v) is 7.47. The predicted molar refractivity (Wildman–Crippen MR) is 71.1 cm³/mol. The molecule has 0 aliphatic heterocycles. The first-order valence-electron chi connectivity index (χ1n) is 5.20. The van der Waals surface area contributed by atoms with Gasteiger partial charge < -0.3 is 9.52 Å². The van der Waals surface area contributed by atoms with Crippen molar-refractivity contribution in [3.05, 3.63) is 16.5 Å². The Morgan fingerprint density at radius 1 is 1.58 bits per heavy atom. The third kappa shape index (κ3) is 3.59. The summed E-state index contributed by atoms with van der Waals surface area (Å²) in [5.74, 6) is 0.378. The van der Waals surface area contributed by atoms with Gasteiger partial charge >= 0.3 is 5.97 Å².